The topological polar surface area (TPSA) is 54.5 Å². The fraction of sp³-hybridized carbons (Fsp3) is 0.333. The highest BCUT2D eigenvalue weighted by Gasteiger charge is 2.44. The van der Waals surface area contributed by atoms with Gasteiger partial charge >= 0.3 is 0 Å². The highest BCUT2D eigenvalue weighted by atomic mass is 16.3. The Bertz CT molecular complexity index is 1390. The highest BCUT2D eigenvalue weighted by molar-refractivity contribution is 5.84. The molecule has 0 saturated carbocycles. The molecule has 168 valence electrons. The monoisotopic (exact) mass is 440 g/mol. The molecule has 1 saturated heterocycles. The number of anilines is 2. The van der Waals surface area contributed by atoms with E-state index < -0.39 is 0 Å². The van der Waals surface area contributed by atoms with Crippen LogP contribution in [0, 0.1) is 6.92 Å². The number of fused-ring (bicyclic) bond motifs is 3. The summed E-state index contributed by atoms with van der Waals surface area (Å²) in [6, 6.07) is 16.4. The molecular formula is C27H28N4O2. The molecule has 0 radical (unpaired) electrons. The average Bonchev–Trinajstić information content (AvgIpc) is 3.37. The van der Waals surface area contributed by atoms with Gasteiger partial charge in [-0.1, -0.05) is 18.2 Å². The van der Waals surface area contributed by atoms with E-state index in [2.05, 4.69) is 56.7 Å². The third-order valence-electron chi connectivity index (χ3n) is 7.47. The normalized spacial score (nSPS) is 17.7. The molecule has 4 heterocycles. The van der Waals surface area contributed by atoms with E-state index in [1.54, 1.807) is 6.07 Å². The Morgan fingerprint density at radius 3 is 2.70 bits per heavy atom. The minimum Gasteiger partial charge on any atom is -0.461 e. The quantitative estimate of drug-likeness (QED) is 0.469. The second-order valence-corrected chi connectivity index (χ2v) is 9.52. The number of rotatable bonds is 3. The van der Waals surface area contributed by atoms with Crippen molar-refractivity contribution in [2.75, 3.05) is 24.5 Å². The molecule has 6 rings (SSSR count). The Hall–Kier alpha value is -3.38. The van der Waals surface area contributed by atoms with Gasteiger partial charge in [-0.05, 0) is 62.7 Å². The van der Waals surface area contributed by atoms with Crippen LogP contribution >= 0.6 is 0 Å². The molecule has 6 heteroatoms. The summed E-state index contributed by atoms with van der Waals surface area (Å²) in [5.41, 5.74) is 4.53. The van der Waals surface area contributed by atoms with Crippen molar-refractivity contribution in [3.8, 4) is 0 Å². The summed E-state index contributed by atoms with van der Waals surface area (Å²) in [5, 5.41) is 0.640. The first-order valence-corrected chi connectivity index (χ1v) is 11.6. The lowest BCUT2D eigenvalue weighted by Gasteiger charge is -2.40. The average molecular weight is 441 g/mol. The van der Waals surface area contributed by atoms with E-state index in [4.69, 9.17) is 4.42 Å². The Balaban J connectivity index is 1.31. The van der Waals surface area contributed by atoms with Gasteiger partial charge in [0.2, 0.25) is 0 Å². The molecule has 2 aliphatic rings. The lowest BCUT2D eigenvalue weighted by Crippen LogP contribution is -2.44. The molecule has 2 aromatic heterocycles. The number of para-hydroxylation sites is 1. The number of nitrogens with zero attached hydrogens (tertiary/aromatic N) is 4. The van der Waals surface area contributed by atoms with Crippen LogP contribution in [0.2, 0.25) is 0 Å². The van der Waals surface area contributed by atoms with E-state index in [9.17, 15) is 4.79 Å². The number of aromatic nitrogens is 2. The number of imidazole rings is 1. The third-order valence-corrected chi connectivity index (χ3v) is 7.47. The summed E-state index contributed by atoms with van der Waals surface area (Å²) in [4.78, 5) is 22.0. The number of likely N-dealkylation sites (tertiary alicyclic amines) is 1. The molecule has 0 aliphatic carbocycles. The van der Waals surface area contributed by atoms with Gasteiger partial charge in [0.15, 0.2) is 5.43 Å². The van der Waals surface area contributed by atoms with Crippen molar-refractivity contribution in [3.63, 3.8) is 0 Å². The molecule has 0 unspecified atom stereocenters. The predicted molar refractivity (Wildman–Crippen MR) is 130 cm³/mol. The van der Waals surface area contributed by atoms with Crippen molar-refractivity contribution >= 4 is 22.3 Å². The lowest BCUT2D eigenvalue weighted by atomic mass is 9.74. The van der Waals surface area contributed by atoms with Gasteiger partial charge in [0.25, 0.3) is 0 Å². The van der Waals surface area contributed by atoms with Gasteiger partial charge in [0.05, 0.1) is 11.9 Å². The van der Waals surface area contributed by atoms with Crippen molar-refractivity contribution < 1.29 is 4.42 Å². The minimum absolute atomic E-state index is 0.0142. The minimum atomic E-state index is 0.0142. The SMILES string of the molecule is Cc1cc(=O)c2cc(N3CC4(CCN(Cc5nccn5C)CC4)c4ccccc43)ccc2o1. The maximum atomic E-state index is 12.6. The zero-order valence-corrected chi connectivity index (χ0v) is 19.1. The van der Waals surface area contributed by atoms with E-state index in [-0.39, 0.29) is 10.8 Å². The predicted octanol–water partition coefficient (Wildman–Crippen LogP) is 4.52. The third kappa shape index (κ3) is 3.37. The van der Waals surface area contributed by atoms with E-state index in [0.717, 1.165) is 50.5 Å². The van der Waals surface area contributed by atoms with Gasteiger partial charge in [0, 0.05) is 48.8 Å². The molecule has 0 atom stereocenters. The van der Waals surface area contributed by atoms with Crippen molar-refractivity contribution in [1.29, 1.82) is 0 Å². The van der Waals surface area contributed by atoms with Crippen LogP contribution in [0.15, 0.2) is 70.1 Å². The number of piperidine rings is 1. The summed E-state index contributed by atoms with van der Waals surface area (Å²) in [7, 11) is 2.06. The Kier molecular flexibility index (Phi) is 4.66. The first-order valence-electron chi connectivity index (χ1n) is 11.6. The Morgan fingerprint density at radius 1 is 1.09 bits per heavy atom. The van der Waals surface area contributed by atoms with Gasteiger partial charge in [-0.15, -0.1) is 0 Å². The fourth-order valence-electron chi connectivity index (χ4n) is 5.61. The van der Waals surface area contributed by atoms with Crippen molar-refractivity contribution in [3.05, 3.63) is 88.3 Å². The zero-order valence-electron chi connectivity index (χ0n) is 19.1. The summed E-state index contributed by atoms with van der Waals surface area (Å²) >= 11 is 0. The molecule has 1 spiro atoms. The van der Waals surface area contributed by atoms with Crippen LogP contribution in [0.1, 0.15) is 30.0 Å². The van der Waals surface area contributed by atoms with Crippen LogP contribution in [0.3, 0.4) is 0 Å². The van der Waals surface area contributed by atoms with E-state index in [1.807, 2.05) is 31.5 Å². The van der Waals surface area contributed by atoms with Crippen LogP contribution in [0.5, 0.6) is 0 Å². The summed E-state index contributed by atoms with van der Waals surface area (Å²) < 4.78 is 7.88. The number of hydrogen-bond donors (Lipinski definition) is 0. The molecule has 0 bridgehead atoms. The summed E-state index contributed by atoms with van der Waals surface area (Å²) in [5.74, 6) is 1.76. The molecule has 2 aromatic carbocycles. The smallest absolute Gasteiger partial charge is 0.193 e. The first-order chi connectivity index (χ1) is 16.0. The van der Waals surface area contributed by atoms with E-state index >= 15 is 0 Å². The van der Waals surface area contributed by atoms with E-state index in [0.29, 0.717) is 16.7 Å². The van der Waals surface area contributed by atoms with Crippen LogP contribution in [0.4, 0.5) is 11.4 Å². The molecule has 0 N–H and O–H groups in total. The Labute approximate surface area is 193 Å². The van der Waals surface area contributed by atoms with Gasteiger partial charge in [0.1, 0.15) is 17.2 Å². The molecule has 0 amide bonds. The van der Waals surface area contributed by atoms with Crippen LogP contribution in [0.25, 0.3) is 11.0 Å². The molecule has 33 heavy (non-hydrogen) atoms. The second kappa shape index (κ2) is 7.59. The molecule has 2 aliphatic heterocycles. The maximum Gasteiger partial charge on any atom is 0.193 e. The fourth-order valence-corrected chi connectivity index (χ4v) is 5.61. The van der Waals surface area contributed by atoms with E-state index in [1.165, 1.54) is 11.3 Å². The van der Waals surface area contributed by atoms with Crippen LogP contribution in [-0.4, -0.2) is 34.1 Å². The molecule has 4 aromatic rings. The van der Waals surface area contributed by atoms with Gasteiger partial charge in [-0.3, -0.25) is 9.69 Å². The number of hydrogen-bond acceptors (Lipinski definition) is 5. The number of aryl methyl sites for hydroxylation is 2. The largest absolute Gasteiger partial charge is 0.461 e. The first kappa shape index (κ1) is 20.2. The zero-order chi connectivity index (χ0) is 22.6. The maximum absolute atomic E-state index is 12.6. The second-order valence-electron chi connectivity index (χ2n) is 9.52. The molecule has 1 fully saturated rings. The number of benzene rings is 2. The van der Waals surface area contributed by atoms with Crippen molar-refractivity contribution in [1.82, 2.24) is 14.5 Å². The molecular weight excluding hydrogens is 412 g/mol. The summed E-state index contributed by atoms with van der Waals surface area (Å²) in [6.07, 6.45) is 6.11. The van der Waals surface area contributed by atoms with Crippen LogP contribution in [-0.2, 0) is 19.0 Å². The van der Waals surface area contributed by atoms with Crippen LogP contribution < -0.4 is 10.3 Å². The van der Waals surface area contributed by atoms with Crippen molar-refractivity contribution in [2.45, 2.75) is 31.7 Å². The van der Waals surface area contributed by atoms with Gasteiger partial charge in [-0.25, -0.2) is 4.98 Å². The van der Waals surface area contributed by atoms with Gasteiger partial charge < -0.3 is 13.9 Å². The molecule has 6 nitrogen and oxygen atoms in total. The standard InChI is InChI=1S/C27H28N4O2/c1-19-15-24(32)21-16-20(7-8-25(21)33-19)31-18-27(22-5-3-4-6-23(22)31)9-12-30(13-10-27)17-26-28-11-14-29(26)2/h3-8,11,14-16H,9-10,12-13,17-18H2,1-2H3. The Morgan fingerprint density at radius 2 is 1.91 bits per heavy atom. The highest BCUT2D eigenvalue weighted by Crippen LogP contribution is 2.49. The van der Waals surface area contributed by atoms with Gasteiger partial charge in [-0.2, -0.15) is 0 Å². The van der Waals surface area contributed by atoms with Crippen molar-refractivity contribution in [2.24, 2.45) is 7.05 Å². The summed E-state index contributed by atoms with van der Waals surface area (Å²) in [6.45, 7) is 5.75. The lowest BCUT2D eigenvalue weighted by molar-refractivity contribution is 0.156.